The largest absolute Gasteiger partial charge is 0.325 e. The van der Waals surface area contributed by atoms with Gasteiger partial charge in [0.05, 0.1) is 0 Å². The number of rotatable bonds is 4. The molecule has 4 amide bonds. The molecule has 7 nitrogen and oxygen atoms in total. The maximum Gasteiger partial charge on any atom is 0.325 e. The number of imide groups is 1. The van der Waals surface area contributed by atoms with Crippen molar-refractivity contribution < 1.29 is 19.2 Å². The fraction of sp³-hybridized carbons (Fsp3) is 0.333. The minimum absolute atomic E-state index is 0.0700. The Balaban J connectivity index is 2.00. The Bertz CT molecular complexity index is 649. The number of carbonyl (C=O) groups is 4. The molecule has 0 unspecified atom stereocenters. The highest BCUT2D eigenvalue weighted by Crippen LogP contribution is 2.16. The third kappa shape index (κ3) is 3.13. The van der Waals surface area contributed by atoms with Gasteiger partial charge in [-0.05, 0) is 45.0 Å². The molecule has 1 heterocycles. The minimum atomic E-state index is -1.000. The van der Waals surface area contributed by atoms with Crippen LogP contribution in [0.4, 0.5) is 10.5 Å². The molecule has 116 valence electrons. The topological polar surface area (TPSA) is 95.6 Å². The van der Waals surface area contributed by atoms with Gasteiger partial charge in [0.2, 0.25) is 5.91 Å². The Morgan fingerprint density at radius 3 is 2.23 bits per heavy atom. The number of anilines is 1. The van der Waals surface area contributed by atoms with Gasteiger partial charge in [0, 0.05) is 11.3 Å². The summed E-state index contributed by atoms with van der Waals surface area (Å²) in [7, 11) is 0. The SMILES string of the molecule is CC(=O)c1ccc(NC(=O)CN2C(=O)NC(C)(C)C2=O)cc1. The Hall–Kier alpha value is -2.70. The van der Waals surface area contributed by atoms with Crippen LogP contribution < -0.4 is 10.6 Å². The fourth-order valence-electron chi connectivity index (χ4n) is 2.09. The van der Waals surface area contributed by atoms with Crippen LogP contribution in [-0.2, 0) is 9.59 Å². The van der Waals surface area contributed by atoms with E-state index in [-0.39, 0.29) is 12.3 Å². The maximum atomic E-state index is 12.0. The van der Waals surface area contributed by atoms with Gasteiger partial charge >= 0.3 is 6.03 Å². The van der Waals surface area contributed by atoms with Gasteiger partial charge in [0.25, 0.3) is 5.91 Å². The zero-order valence-electron chi connectivity index (χ0n) is 12.6. The van der Waals surface area contributed by atoms with Gasteiger partial charge < -0.3 is 10.6 Å². The maximum absolute atomic E-state index is 12.0. The molecule has 2 rings (SSSR count). The predicted molar refractivity (Wildman–Crippen MR) is 79.4 cm³/mol. The number of carbonyl (C=O) groups excluding carboxylic acids is 4. The number of nitrogens with one attached hydrogen (secondary N) is 2. The van der Waals surface area contributed by atoms with Crippen molar-refractivity contribution in [1.29, 1.82) is 0 Å². The number of Topliss-reactive ketones (excluding diaryl/α,β-unsaturated/α-hetero) is 1. The quantitative estimate of drug-likeness (QED) is 0.644. The van der Waals surface area contributed by atoms with Crippen molar-refractivity contribution in [2.75, 3.05) is 11.9 Å². The molecular weight excluding hydrogens is 286 g/mol. The van der Waals surface area contributed by atoms with Crippen molar-refractivity contribution in [1.82, 2.24) is 10.2 Å². The normalized spacial score (nSPS) is 16.4. The first-order valence-electron chi connectivity index (χ1n) is 6.75. The molecule has 1 saturated heterocycles. The second-order valence-corrected chi connectivity index (χ2v) is 5.63. The molecule has 0 bridgehead atoms. The van der Waals surface area contributed by atoms with Gasteiger partial charge in [-0.15, -0.1) is 0 Å². The monoisotopic (exact) mass is 303 g/mol. The van der Waals surface area contributed by atoms with Gasteiger partial charge in [-0.1, -0.05) is 0 Å². The Morgan fingerprint density at radius 2 is 1.77 bits per heavy atom. The first kappa shape index (κ1) is 15.7. The van der Waals surface area contributed by atoms with Crippen LogP contribution in [0.25, 0.3) is 0 Å². The first-order chi connectivity index (χ1) is 10.2. The number of urea groups is 1. The van der Waals surface area contributed by atoms with Gasteiger partial charge in [-0.25, -0.2) is 4.79 Å². The van der Waals surface area contributed by atoms with Crippen molar-refractivity contribution in [3.05, 3.63) is 29.8 Å². The van der Waals surface area contributed by atoms with Gasteiger partial charge in [-0.2, -0.15) is 0 Å². The molecule has 0 atom stereocenters. The zero-order chi connectivity index (χ0) is 16.5. The molecule has 0 aromatic heterocycles. The Labute approximate surface area is 127 Å². The van der Waals surface area contributed by atoms with E-state index in [1.165, 1.54) is 6.92 Å². The summed E-state index contributed by atoms with van der Waals surface area (Å²) in [5.74, 6) is -1.00. The Kier molecular flexibility index (Phi) is 3.99. The average molecular weight is 303 g/mol. The second kappa shape index (κ2) is 5.59. The number of hydrogen-bond donors (Lipinski definition) is 2. The van der Waals surface area contributed by atoms with Crippen molar-refractivity contribution in [3.8, 4) is 0 Å². The number of hydrogen-bond acceptors (Lipinski definition) is 4. The molecule has 7 heteroatoms. The summed E-state index contributed by atoms with van der Waals surface area (Å²) in [6.07, 6.45) is 0. The summed E-state index contributed by atoms with van der Waals surface area (Å²) < 4.78 is 0. The smallest absolute Gasteiger partial charge is 0.325 e. The van der Waals surface area contributed by atoms with Gasteiger partial charge in [0.15, 0.2) is 5.78 Å². The van der Waals surface area contributed by atoms with E-state index in [9.17, 15) is 19.2 Å². The molecule has 0 saturated carbocycles. The molecule has 22 heavy (non-hydrogen) atoms. The summed E-state index contributed by atoms with van der Waals surface area (Å²) in [6.45, 7) is 4.24. The lowest BCUT2D eigenvalue weighted by atomic mass is 10.1. The fourth-order valence-corrected chi connectivity index (χ4v) is 2.09. The lowest BCUT2D eigenvalue weighted by Crippen LogP contribution is -2.41. The van der Waals surface area contributed by atoms with E-state index in [0.29, 0.717) is 11.3 Å². The third-order valence-electron chi connectivity index (χ3n) is 3.32. The molecule has 0 aliphatic carbocycles. The highest BCUT2D eigenvalue weighted by atomic mass is 16.2. The van der Waals surface area contributed by atoms with Crippen molar-refractivity contribution in [3.63, 3.8) is 0 Å². The molecule has 2 N–H and O–H groups in total. The molecule has 1 aromatic rings. The van der Waals surface area contributed by atoms with E-state index in [0.717, 1.165) is 4.90 Å². The van der Waals surface area contributed by atoms with Crippen LogP contribution in [0, 0.1) is 0 Å². The van der Waals surface area contributed by atoms with E-state index < -0.39 is 23.4 Å². The highest BCUT2D eigenvalue weighted by molar-refractivity contribution is 6.09. The summed E-state index contributed by atoms with van der Waals surface area (Å²) in [5.41, 5.74) is 0.0238. The molecule has 1 aromatic carbocycles. The van der Waals surface area contributed by atoms with Crippen molar-refractivity contribution >= 4 is 29.3 Å². The average Bonchev–Trinajstić information content (AvgIpc) is 2.61. The van der Waals surface area contributed by atoms with Crippen molar-refractivity contribution in [2.45, 2.75) is 26.3 Å². The molecule has 1 aliphatic rings. The summed E-state index contributed by atoms with van der Waals surface area (Å²) in [4.78, 5) is 47.6. The van der Waals surface area contributed by atoms with E-state index in [1.807, 2.05) is 0 Å². The predicted octanol–water partition coefficient (Wildman–Crippen LogP) is 1.16. The Morgan fingerprint density at radius 1 is 1.18 bits per heavy atom. The van der Waals surface area contributed by atoms with Crippen LogP contribution >= 0.6 is 0 Å². The van der Waals surface area contributed by atoms with Crippen molar-refractivity contribution in [2.24, 2.45) is 0 Å². The highest BCUT2D eigenvalue weighted by Gasteiger charge is 2.44. The summed E-state index contributed by atoms with van der Waals surface area (Å²) >= 11 is 0. The van der Waals surface area contributed by atoms with Gasteiger partial charge in [-0.3, -0.25) is 19.3 Å². The van der Waals surface area contributed by atoms with Crippen LogP contribution in [0.5, 0.6) is 0 Å². The molecule has 1 fully saturated rings. The van der Waals surface area contributed by atoms with E-state index in [1.54, 1.807) is 38.1 Å². The van der Waals surface area contributed by atoms with Gasteiger partial charge in [0.1, 0.15) is 12.1 Å². The second-order valence-electron chi connectivity index (χ2n) is 5.63. The molecular formula is C15H17N3O4. The number of amides is 4. The number of ketones is 1. The van der Waals surface area contributed by atoms with Crippen LogP contribution in [-0.4, -0.2) is 40.6 Å². The van der Waals surface area contributed by atoms with Crippen LogP contribution in [0.15, 0.2) is 24.3 Å². The zero-order valence-corrected chi connectivity index (χ0v) is 12.6. The van der Waals surface area contributed by atoms with Crippen LogP contribution in [0.2, 0.25) is 0 Å². The number of benzene rings is 1. The number of nitrogens with zero attached hydrogens (tertiary/aromatic N) is 1. The molecule has 0 radical (unpaired) electrons. The van der Waals surface area contributed by atoms with Crippen LogP contribution in [0.3, 0.4) is 0 Å². The lowest BCUT2D eigenvalue weighted by molar-refractivity contribution is -0.132. The van der Waals surface area contributed by atoms with E-state index in [2.05, 4.69) is 10.6 Å². The third-order valence-corrected chi connectivity index (χ3v) is 3.32. The van der Waals surface area contributed by atoms with E-state index >= 15 is 0 Å². The minimum Gasteiger partial charge on any atom is -0.325 e. The standard InChI is InChI=1S/C15H17N3O4/c1-9(19)10-4-6-11(7-5-10)16-12(20)8-18-13(21)15(2,3)17-14(18)22/h4-7H,8H2,1-3H3,(H,16,20)(H,17,22). The van der Waals surface area contributed by atoms with Crippen LogP contribution in [0.1, 0.15) is 31.1 Å². The lowest BCUT2D eigenvalue weighted by Gasteiger charge is -2.15. The first-order valence-corrected chi connectivity index (χ1v) is 6.75. The van der Waals surface area contributed by atoms with E-state index in [4.69, 9.17) is 0 Å². The molecule has 0 spiro atoms. The molecule has 1 aliphatic heterocycles. The summed E-state index contributed by atoms with van der Waals surface area (Å²) in [5, 5.41) is 5.08. The summed E-state index contributed by atoms with van der Waals surface area (Å²) in [6, 6.07) is 5.77.